The van der Waals surface area contributed by atoms with Gasteiger partial charge in [-0.2, -0.15) is 0 Å². The Morgan fingerprint density at radius 3 is 2.14 bits per heavy atom. The van der Waals surface area contributed by atoms with Gasteiger partial charge in [-0.3, -0.25) is 14.8 Å². The highest BCUT2D eigenvalue weighted by Gasteiger charge is 2.16. The SMILES string of the molecule is O=[N+]([O-])c1ccc(S(=O)(=O)Nc2ccc(OCCc3ccccc3)cc2)cc1. The molecule has 0 bridgehead atoms. The predicted octanol–water partition coefficient (Wildman–Crippen LogP) is 4.02. The second kappa shape index (κ2) is 8.53. The zero-order valence-corrected chi connectivity index (χ0v) is 15.6. The van der Waals surface area contributed by atoms with Crippen LogP contribution < -0.4 is 9.46 Å². The molecule has 0 aliphatic heterocycles. The maximum Gasteiger partial charge on any atom is 0.269 e. The van der Waals surface area contributed by atoms with Gasteiger partial charge in [-0.05, 0) is 42.0 Å². The lowest BCUT2D eigenvalue weighted by molar-refractivity contribution is -0.384. The van der Waals surface area contributed by atoms with Gasteiger partial charge in [-0.25, -0.2) is 8.42 Å². The van der Waals surface area contributed by atoms with Crippen LogP contribution in [0.5, 0.6) is 5.75 Å². The largest absolute Gasteiger partial charge is 0.493 e. The molecule has 3 aromatic rings. The molecule has 144 valence electrons. The number of hydrogen-bond donors (Lipinski definition) is 1. The summed E-state index contributed by atoms with van der Waals surface area (Å²) in [6, 6.07) is 21.2. The minimum absolute atomic E-state index is 0.0544. The topological polar surface area (TPSA) is 98.5 Å². The highest BCUT2D eigenvalue weighted by Crippen LogP contribution is 2.21. The highest BCUT2D eigenvalue weighted by molar-refractivity contribution is 7.92. The predicted molar refractivity (Wildman–Crippen MR) is 106 cm³/mol. The third-order valence-corrected chi connectivity index (χ3v) is 5.36. The second-order valence-corrected chi connectivity index (χ2v) is 7.65. The second-order valence-electron chi connectivity index (χ2n) is 5.96. The number of hydrogen-bond acceptors (Lipinski definition) is 5. The van der Waals surface area contributed by atoms with E-state index >= 15 is 0 Å². The van der Waals surface area contributed by atoms with Crippen LogP contribution in [0.3, 0.4) is 0 Å². The molecular formula is C20H18N2O5S. The Morgan fingerprint density at radius 2 is 1.54 bits per heavy atom. The van der Waals surface area contributed by atoms with Crippen molar-refractivity contribution in [2.24, 2.45) is 0 Å². The summed E-state index contributed by atoms with van der Waals surface area (Å²) in [5, 5.41) is 10.7. The van der Waals surface area contributed by atoms with Crippen molar-refractivity contribution in [2.75, 3.05) is 11.3 Å². The summed E-state index contributed by atoms with van der Waals surface area (Å²) >= 11 is 0. The minimum atomic E-state index is -3.84. The Labute approximate surface area is 162 Å². The van der Waals surface area contributed by atoms with Gasteiger partial charge >= 0.3 is 0 Å². The van der Waals surface area contributed by atoms with Crippen LogP contribution in [0.2, 0.25) is 0 Å². The zero-order valence-electron chi connectivity index (χ0n) is 14.8. The molecule has 0 amide bonds. The van der Waals surface area contributed by atoms with Crippen LogP contribution >= 0.6 is 0 Å². The minimum Gasteiger partial charge on any atom is -0.493 e. The number of benzene rings is 3. The van der Waals surface area contributed by atoms with E-state index < -0.39 is 14.9 Å². The lowest BCUT2D eigenvalue weighted by atomic mass is 10.2. The van der Waals surface area contributed by atoms with Gasteiger partial charge in [0.2, 0.25) is 0 Å². The van der Waals surface area contributed by atoms with Gasteiger partial charge in [0.05, 0.1) is 16.4 Å². The van der Waals surface area contributed by atoms with E-state index in [1.807, 2.05) is 30.3 Å². The molecule has 28 heavy (non-hydrogen) atoms. The molecule has 0 fully saturated rings. The van der Waals surface area contributed by atoms with E-state index in [4.69, 9.17) is 4.74 Å². The first-order valence-corrected chi connectivity index (χ1v) is 9.96. The normalized spacial score (nSPS) is 11.0. The van der Waals surface area contributed by atoms with E-state index in [0.29, 0.717) is 18.0 Å². The van der Waals surface area contributed by atoms with E-state index in [0.717, 1.165) is 18.6 Å². The van der Waals surface area contributed by atoms with E-state index in [1.54, 1.807) is 24.3 Å². The lowest BCUT2D eigenvalue weighted by Crippen LogP contribution is -2.12. The van der Waals surface area contributed by atoms with Crippen LogP contribution in [0.1, 0.15) is 5.56 Å². The van der Waals surface area contributed by atoms with Gasteiger partial charge in [0.1, 0.15) is 5.75 Å². The van der Waals surface area contributed by atoms with E-state index in [9.17, 15) is 18.5 Å². The van der Waals surface area contributed by atoms with E-state index in [2.05, 4.69) is 4.72 Å². The molecule has 0 atom stereocenters. The summed E-state index contributed by atoms with van der Waals surface area (Å²) in [6.45, 7) is 0.512. The molecule has 0 radical (unpaired) electrons. The fourth-order valence-corrected chi connectivity index (χ4v) is 3.57. The van der Waals surface area contributed by atoms with Crippen LogP contribution in [0, 0.1) is 10.1 Å². The van der Waals surface area contributed by atoms with Crippen LogP contribution in [-0.4, -0.2) is 19.9 Å². The van der Waals surface area contributed by atoms with Crippen LogP contribution in [-0.2, 0) is 16.4 Å². The Hall–Kier alpha value is -3.39. The fraction of sp³-hybridized carbons (Fsp3) is 0.100. The van der Waals surface area contributed by atoms with Crippen molar-refractivity contribution < 1.29 is 18.1 Å². The smallest absolute Gasteiger partial charge is 0.269 e. The first kappa shape index (κ1) is 19.4. The molecule has 1 N–H and O–H groups in total. The molecule has 0 saturated carbocycles. The van der Waals surface area contributed by atoms with Crippen LogP contribution in [0.4, 0.5) is 11.4 Å². The van der Waals surface area contributed by atoms with Gasteiger partial charge in [-0.15, -0.1) is 0 Å². The summed E-state index contributed by atoms with van der Waals surface area (Å²) < 4.78 is 32.9. The Balaban J connectivity index is 1.59. The Kier molecular flexibility index (Phi) is 5.90. The van der Waals surface area contributed by atoms with Crippen molar-refractivity contribution in [3.63, 3.8) is 0 Å². The Bertz CT molecular complexity index is 1030. The fourth-order valence-electron chi connectivity index (χ4n) is 2.51. The Morgan fingerprint density at radius 1 is 0.893 bits per heavy atom. The van der Waals surface area contributed by atoms with Crippen molar-refractivity contribution in [1.82, 2.24) is 0 Å². The number of non-ortho nitro benzene ring substituents is 1. The molecule has 0 aromatic heterocycles. The number of nitrogens with one attached hydrogen (secondary N) is 1. The van der Waals surface area contributed by atoms with Crippen molar-refractivity contribution in [3.8, 4) is 5.75 Å². The molecule has 3 aromatic carbocycles. The van der Waals surface area contributed by atoms with Gasteiger partial charge < -0.3 is 4.74 Å². The quantitative estimate of drug-likeness (QED) is 0.456. The monoisotopic (exact) mass is 398 g/mol. The molecule has 0 saturated heterocycles. The summed E-state index contributed by atoms with van der Waals surface area (Å²) in [4.78, 5) is 10.0. The van der Waals surface area contributed by atoms with E-state index in [-0.39, 0.29) is 10.6 Å². The molecule has 0 heterocycles. The van der Waals surface area contributed by atoms with Crippen LogP contribution in [0.15, 0.2) is 83.8 Å². The van der Waals surface area contributed by atoms with Gasteiger partial charge in [0.25, 0.3) is 15.7 Å². The number of anilines is 1. The molecular weight excluding hydrogens is 380 g/mol. The van der Waals surface area contributed by atoms with Crippen molar-refractivity contribution >= 4 is 21.4 Å². The molecule has 3 rings (SSSR count). The summed E-state index contributed by atoms with van der Waals surface area (Å²) in [7, 11) is -3.84. The first-order chi connectivity index (χ1) is 13.4. The highest BCUT2D eigenvalue weighted by atomic mass is 32.2. The molecule has 7 nitrogen and oxygen atoms in total. The van der Waals surface area contributed by atoms with Gasteiger partial charge in [-0.1, -0.05) is 30.3 Å². The van der Waals surface area contributed by atoms with Crippen LogP contribution in [0.25, 0.3) is 0 Å². The molecule has 8 heteroatoms. The number of nitro groups is 1. The summed E-state index contributed by atoms with van der Waals surface area (Å²) in [5.74, 6) is 0.634. The first-order valence-electron chi connectivity index (χ1n) is 8.48. The van der Waals surface area contributed by atoms with Crippen molar-refractivity contribution in [1.29, 1.82) is 0 Å². The van der Waals surface area contributed by atoms with Crippen molar-refractivity contribution in [3.05, 3.63) is 94.5 Å². The number of sulfonamides is 1. The van der Waals surface area contributed by atoms with E-state index in [1.165, 1.54) is 17.7 Å². The third kappa shape index (κ3) is 5.08. The zero-order chi connectivity index (χ0) is 20.0. The molecule has 0 aliphatic carbocycles. The number of nitro benzene ring substituents is 1. The number of rotatable bonds is 8. The number of nitrogens with zero attached hydrogens (tertiary/aromatic N) is 1. The lowest BCUT2D eigenvalue weighted by Gasteiger charge is -2.10. The maximum absolute atomic E-state index is 12.4. The molecule has 0 aliphatic rings. The number of ether oxygens (including phenoxy) is 1. The van der Waals surface area contributed by atoms with Crippen molar-refractivity contribution in [2.45, 2.75) is 11.3 Å². The maximum atomic E-state index is 12.4. The third-order valence-electron chi connectivity index (χ3n) is 3.97. The molecule has 0 unspecified atom stereocenters. The molecule has 0 spiro atoms. The summed E-state index contributed by atoms with van der Waals surface area (Å²) in [5.41, 5.74) is 1.37. The average Bonchev–Trinajstić information content (AvgIpc) is 2.70. The average molecular weight is 398 g/mol. The van der Waals surface area contributed by atoms with Gasteiger partial charge in [0, 0.05) is 24.2 Å². The standard InChI is InChI=1S/C20H18N2O5S/c23-22(24)18-8-12-20(13-9-18)28(25,26)21-17-6-10-19(11-7-17)27-15-14-16-4-2-1-3-5-16/h1-13,21H,14-15H2. The van der Waals surface area contributed by atoms with Gasteiger partial charge in [0.15, 0.2) is 0 Å². The summed E-state index contributed by atoms with van der Waals surface area (Å²) in [6.07, 6.45) is 0.773.